The fraction of sp³-hybridized carbons (Fsp3) is 0.294. The smallest absolute Gasteiger partial charge is 0.305 e. The molecule has 1 aromatic heterocycles. The molecule has 2 aromatic rings. The third kappa shape index (κ3) is 4.61. The molecular formula is C17H16F2O4S. The van der Waals surface area contributed by atoms with Crippen molar-refractivity contribution in [3.8, 4) is 16.2 Å². The topological polar surface area (TPSA) is 52.6 Å². The van der Waals surface area contributed by atoms with Crippen LogP contribution >= 0.6 is 11.3 Å². The monoisotopic (exact) mass is 354 g/mol. The van der Waals surface area contributed by atoms with Crippen molar-refractivity contribution < 1.29 is 27.8 Å². The maximum Gasteiger partial charge on any atom is 0.305 e. The van der Waals surface area contributed by atoms with E-state index in [0.29, 0.717) is 34.6 Å². The van der Waals surface area contributed by atoms with Crippen molar-refractivity contribution in [1.29, 1.82) is 0 Å². The minimum Gasteiger partial charge on any atom is -0.488 e. The van der Waals surface area contributed by atoms with E-state index in [2.05, 4.69) is 0 Å². The molecule has 0 saturated carbocycles. The van der Waals surface area contributed by atoms with Crippen molar-refractivity contribution in [2.24, 2.45) is 0 Å². The third-order valence-electron chi connectivity index (χ3n) is 3.10. The van der Waals surface area contributed by atoms with Gasteiger partial charge in [0.05, 0.1) is 18.1 Å². The third-order valence-corrected chi connectivity index (χ3v) is 4.16. The zero-order valence-electron chi connectivity index (χ0n) is 13.0. The highest BCUT2D eigenvalue weighted by Crippen LogP contribution is 2.32. The highest BCUT2D eigenvalue weighted by Gasteiger charge is 2.15. The molecule has 0 aliphatic rings. The minimum absolute atomic E-state index is 0.000291. The fourth-order valence-corrected chi connectivity index (χ4v) is 2.85. The van der Waals surface area contributed by atoms with Gasteiger partial charge >= 0.3 is 5.97 Å². The lowest BCUT2D eigenvalue weighted by molar-refractivity contribution is -0.143. The molecule has 0 N–H and O–H groups in total. The molecule has 0 aliphatic carbocycles. The average molecular weight is 354 g/mol. The van der Waals surface area contributed by atoms with Crippen LogP contribution in [0.4, 0.5) is 8.78 Å². The molecule has 24 heavy (non-hydrogen) atoms. The lowest BCUT2D eigenvalue weighted by Crippen LogP contribution is -2.08. The van der Waals surface area contributed by atoms with Crippen LogP contribution in [0.25, 0.3) is 10.4 Å². The highest BCUT2D eigenvalue weighted by molar-refractivity contribution is 7.17. The number of rotatable bonds is 8. The van der Waals surface area contributed by atoms with Crippen LogP contribution in [0.1, 0.15) is 29.4 Å². The standard InChI is InChI=1S/C17H16F2O4S/c1-2-22-16(21)4-3-7-23-17-13(18)8-11(9-14(17)19)15-6-5-12(10-20)24-15/h5-6,8-10H,2-4,7H2,1H3. The summed E-state index contributed by atoms with van der Waals surface area (Å²) in [7, 11) is 0. The Morgan fingerprint density at radius 3 is 2.54 bits per heavy atom. The molecule has 128 valence electrons. The van der Waals surface area contributed by atoms with Gasteiger partial charge in [-0.3, -0.25) is 9.59 Å². The van der Waals surface area contributed by atoms with Crippen molar-refractivity contribution in [1.82, 2.24) is 0 Å². The summed E-state index contributed by atoms with van der Waals surface area (Å²) in [5.41, 5.74) is 0.335. The molecule has 4 nitrogen and oxygen atoms in total. The van der Waals surface area contributed by atoms with Crippen LogP contribution in [0.5, 0.6) is 5.75 Å². The normalized spacial score (nSPS) is 10.5. The Kier molecular flexibility index (Phi) is 6.43. The van der Waals surface area contributed by atoms with Crippen LogP contribution < -0.4 is 4.74 Å². The molecule has 0 bridgehead atoms. The molecule has 0 fully saturated rings. The molecule has 1 heterocycles. The molecule has 0 radical (unpaired) electrons. The lowest BCUT2D eigenvalue weighted by atomic mass is 10.1. The molecule has 0 unspecified atom stereocenters. The maximum absolute atomic E-state index is 14.1. The first-order chi connectivity index (χ1) is 11.5. The number of carbonyl (C=O) groups is 2. The van der Waals surface area contributed by atoms with Crippen LogP contribution in [0, 0.1) is 11.6 Å². The Labute approximate surface area is 142 Å². The second-order valence-electron chi connectivity index (χ2n) is 4.85. The first kappa shape index (κ1) is 18.1. The van der Waals surface area contributed by atoms with Crippen LogP contribution in [0.3, 0.4) is 0 Å². The molecule has 0 spiro atoms. The van der Waals surface area contributed by atoms with E-state index in [4.69, 9.17) is 9.47 Å². The van der Waals surface area contributed by atoms with Gasteiger partial charge in [-0.1, -0.05) is 0 Å². The van der Waals surface area contributed by atoms with Gasteiger partial charge in [0.1, 0.15) is 0 Å². The summed E-state index contributed by atoms with van der Waals surface area (Å²) < 4.78 is 38.0. The van der Waals surface area contributed by atoms with Gasteiger partial charge in [-0.25, -0.2) is 8.78 Å². The number of ether oxygens (including phenoxy) is 2. The van der Waals surface area contributed by atoms with Crippen LogP contribution in [-0.4, -0.2) is 25.5 Å². The molecule has 0 atom stereocenters. The van der Waals surface area contributed by atoms with E-state index in [1.807, 2.05) is 0 Å². The summed E-state index contributed by atoms with van der Waals surface area (Å²) in [4.78, 5) is 22.9. The van der Waals surface area contributed by atoms with Gasteiger partial charge < -0.3 is 9.47 Å². The predicted molar refractivity (Wildman–Crippen MR) is 86.4 cm³/mol. The zero-order chi connectivity index (χ0) is 17.5. The van der Waals surface area contributed by atoms with E-state index in [-0.39, 0.29) is 19.0 Å². The van der Waals surface area contributed by atoms with Gasteiger partial charge in [-0.2, -0.15) is 0 Å². The summed E-state index contributed by atoms with van der Waals surface area (Å²) in [6.07, 6.45) is 1.10. The van der Waals surface area contributed by atoms with E-state index in [0.717, 1.165) is 23.5 Å². The van der Waals surface area contributed by atoms with Gasteiger partial charge in [0.2, 0.25) is 0 Å². The Hall–Kier alpha value is -2.28. The number of esters is 1. The van der Waals surface area contributed by atoms with E-state index < -0.39 is 17.4 Å². The summed E-state index contributed by atoms with van der Waals surface area (Å²) in [6.45, 7) is 1.99. The summed E-state index contributed by atoms with van der Waals surface area (Å²) in [5.74, 6) is -2.51. The SMILES string of the molecule is CCOC(=O)CCCOc1c(F)cc(-c2ccc(C=O)s2)cc1F. The van der Waals surface area contributed by atoms with Crippen molar-refractivity contribution >= 4 is 23.6 Å². The van der Waals surface area contributed by atoms with Gasteiger partial charge in [0.15, 0.2) is 23.7 Å². The van der Waals surface area contributed by atoms with Crippen molar-refractivity contribution in [2.45, 2.75) is 19.8 Å². The molecule has 0 amide bonds. The summed E-state index contributed by atoms with van der Waals surface area (Å²) in [6, 6.07) is 5.53. The number of thiophene rings is 1. The second kappa shape index (κ2) is 8.54. The predicted octanol–water partition coefficient (Wildman–Crippen LogP) is 4.23. The Balaban J connectivity index is 2.01. The Bertz CT molecular complexity index is 704. The number of aldehydes is 1. The van der Waals surface area contributed by atoms with Crippen LogP contribution in [0.15, 0.2) is 24.3 Å². The molecular weight excluding hydrogens is 338 g/mol. The molecule has 0 saturated heterocycles. The highest BCUT2D eigenvalue weighted by atomic mass is 32.1. The maximum atomic E-state index is 14.1. The number of hydrogen-bond acceptors (Lipinski definition) is 5. The number of hydrogen-bond donors (Lipinski definition) is 0. The lowest BCUT2D eigenvalue weighted by Gasteiger charge is -2.09. The first-order valence-electron chi connectivity index (χ1n) is 7.38. The number of benzene rings is 1. The van der Waals surface area contributed by atoms with E-state index in [1.54, 1.807) is 19.1 Å². The summed E-state index contributed by atoms with van der Waals surface area (Å²) >= 11 is 1.14. The number of halogens is 2. The van der Waals surface area contributed by atoms with Crippen molar-refractivity contribution in [2.75, 3.05) is 13.2 Å². The molecule has 0 aliphatic heterocycles. The average Bonchev–Trinajstić information content (AvgIpc) is 3.02. The molecule has 7 heteroatoms. The van der Waals surface area contributed by atoms with Crippen molar-refractivity contribution in [3.05, 3.63) is 40.8 Å². The van der Waals surface area contributed by atoms with Gasteiger partial charge in [-0.05, 0) is 43.2 Å². The summed E-state index contributed by atoms with van der Waals surface area (Å²) in [5, 5.41) is 0. The first-order valence-corrected chi connectivity index (χ1v) is 8.19. The van der Waals surface area contributed by atoms with Gasteiger partial charge in [0.25, 0.3) is 0 Å². The molecule has 1 aromatic carbocycles. The van der Waals surface area contributed by atoms with Crippen LogP contribution in [-0.2, 0) is 9.53 Å². The quantitative estimate of drug-likeness (QED) is 0.404. The fourth-order valence-electron chi connectivity index (χ4n) is 2.04. The van der Waals surface area contributed by atoms with Crippen molar-refractivity contribution in [3.63, 3.8) is 0 Å². The van der Waals surface area contributed by atoms with E-state index >= 15 is 0 Å². The number of carbonyl (C=O) groups excluding carboxylic acids is 2. The second-order valence-corrected chi connectivity index (χ2v) is 5.96. The largest absolute Gasteiger partial charge is 0.488 e. The minimum atomic E-state index is -0.831. The van der Waals surface area contributed by atoms with Crippen LogP contribution in [0.2, 0.25) is 0 Å². The molecule has 2 rings (SSSR count). The van der Waals surface area contributed by atoms with E-state index in [1.165, 1.54) is 0 Å². The Morgan fingerprint density at radius 2 is 1.96 bits per heavy atom. The zero-order valence-corrected chi connectivity index (χ0v) is 13.8. The Morgan fingerprint density at radius 1 is 1.25 bits per heavy atom. The van der Waals surface area contributed by atoms with Gasteiger partial charge in [-0.15, -0.1) is 11.3 Å². The van der Waals surface area contributed by atoms with E-state index in [9.17, 15) is 18.4 Å². The van der Waals surface area contributed by atoms with Gasteiger partial charge in [0, 0.05) is 11.3 Å².